The van der Waals surface area contributed by atoms with E-state index >= 15 is 0 Å². The molecule has 0 amide bonds. The number of carboxylic acid groups (broad SMARTS) is 1. The van der Waals surface area contributed by atoms with Crippen LogP contribution in [0.2, 0.25) is 0 Å². The van der Waals surface area contributed by atoms with Crippen LogP contribution in [-0.4, -0.2) is 25.2 Å². The lowest BCUT2D eigenvalue weighted by Crippen LogP contribution is -2.30. The van der Waals surface area contributed by atoms with E-state index in [1.165, 1.54) is 0 Å². The van der Waals surface area contributed by atoms with Crippen LogP contribution in [0.5, 0.6) is 0 Å². The molecule has 0 aliphatic heterocycles. The number of sulfonamides is 1. The van der Waals surface area contributed by atoms with E-state index < -0.39 is 28.2 Å². The summed E-state index contributed by atoms with van der Waals surface area (Å²) in [7, 11) is -3.57. The largest absolute Gasteiger partial charge is 0.481 e. The van der Waals surface area contributed by atoms with Crippen molar-refractivity contribution in [1.29, 1.82) is 0 Å². The molecule has 2 N–H and O–H groups in total. The molecule has 0 spiro atoms. The van der Waals surface area contributed by atoms with Crippen LogP contribution in [0, 0.1) is 6.92 Å². The van der Waals surface area contributed by atoms with Crippen molar-refractivity contribution in [2.24, 2.45) is 0 Å². The van der Waals surface area contributed by atoms with E-state index in [9.17, 15) is 13.2 Å². The predicted molar refractivity (Wildman–Crippen MR) is 68.8 cm³/mol. The van der Waals surface area contributed by atoms with Crippen LogP contribution in [-0.2, 0) is 14.8 Å². The van der Waals surface area contributed by atoms with Crippen LogP contribution in [0.25, 0.3) is 0 Å². The summed E-state index contributed by atoms with van der Waals surface area (Å²) in [5.74, 6) is -1.53. The lowest BCUT2D eigenvalue weighted by atomic mass is 10.1. The third-order valence-corrected chi connectivity index (χ3v) is 3.94. The van der Waals surface area contributed by atoms with Crippen LogP contribution in [0.3, 0.4) is 0 Å². The number of benzene rings is 1. The number of hydrogen-bond acceptors (Lipinski definition) is 3. The summed E-state index contributed by atoms with van der Waals surface area (Å²) in [5.41, 5.74) is 1.90. The second kappa shape index (κ2) is 5.97. The summed E-state index contributed by atoms with van der Waals surface area (Å²) < 4.78 is 25.7. The second-order valence-corrected chi connectivity index (χ2v) is 6.09. The molecular weight excluding hydrogens is 254 g/mol. The molecule has 0 unspecified atom stereocenters. The fraction of sp³-hybridized carbons (Fsp3) is 0.417. The third kappa shape index (κ3) is 4.85. The monoisotopic (exact) mass is 271 g/mol. The fourth-order valence-corrected chi connectivity index (χ4v) is 2.79. The Kier molecular flexibility index (Phi) is 4.86. The van der Waals surface area contributed by atoms with Gasteiger partial charge in [0.05, 0.1) is 12.2 Å². The quantitative estimate of drug-likeness (QED) is 0.820. The Morgan fingerprint density at radius 1 is 1.44 bits per heavy atom. The SMILES string of the molecule is Cc1cccc([C@H](C)NS(=O)(=O)CCC(=O)O)c1. The zero-order valence-electron chi connectivity index (χ0n) is 10.4. The summed E-state index contributed by atoms with van der Waals surface area (Å²) in [5, 5.41) is 8.47. The van der Waals surface area contributed by atoms with Crippen molar-refractivity contribution < 1.29 is 18.3 Å². The van der Waals surface area contributed by atoms with Crippen molar-refractivity contribution in [2.75, 3.05) is 5.75 Å². The van der Waals surface area contributed by atoms with Crippen molar-refractivity contribution in [3.8, 4) is 0 Å². The average molecular weight is 271 g/mol. The molecule has 18 heavy (non-hydrogen) atoms. The minimum Gasteiger partial charge on any atom is -0.481 e. The molecule has 100 valence electrons. The number of aliphatic carboxylic acids is 1. The Morgan fingerprint density at radius 3 is 2.67 bits per heavy atom. The maximum atomic E-state index is 11.6. The molecule has 1 atom stereocenters. The van der Waals surface area contributed by atoms with Gasteiger partial charge in [0, 0.05) is 6.04 Å². The molecule has 6 heteroatoms. The summed E-state index contributed by atoms with van der Waals surface area (Å²) in [6.07, 6.45) is -0.393. The van der Waals surface area contributed by atoms with Gasteiger partial charge in [-0.1, -0.05) is 29.8 Å². The van der Waals surface area contributed by atoms with E-state index in [1.807, 2.05) is 31.2 Å². The second-order valence-electron chi connectivity index (χ2n) is 4.22. The molecule has 5 nitrogen and oxygen atoms in total. The first kappa shape index (κ1) is 14.7. The standard InChI is InChI=1S/C12H17NO4S/c1-9-4-3-5-11(8-9)10(2)13-18(16,17)7-6-12(14)15/h3-5,8,10,13H,6-7H2,1-2H3,(H,14,15)/t10-/m0/s1. The number of carboxylic acids is 1. The molecule has 1 aromatic rings. The van der Waals surface area contributed by atoms with Crippen LogP contribution >= 0.6 is 0 Å². The minimum atomic E-state index is -3.57. The van der Waals surface area contributed by atoms with Crippen LogP contribution < -0.4 is 4.72 Å². The Labute approximate surface area is 107 Å². The number of aryl methyl sites for hydroxylation is 1. The maximum Gasteiger partial charge on any atom is 0.304 e. The van der Waals surface area contributed by atoms with E-state index in [1.54, 1.807) is 6.92 Å². The Hall–Kier alpha value is -1.40. The molecule has 0 heterocycles. The molecule has 0 saturated carbocycles. The highest BCUT2D eigenvalue weighted by atomic mass is 32.2. The highest BCUT2D eigenvalue weighted by molar-refractivity contribution is 7.89. The zero-order chi connectivity index (χ0) is 13.8. The van der Waals surface area contributed by atoms with Gasteiger partial charge in [0.25, 0.3) is 0 Å². The number of carbonyl (C=O) groups is 1. The topological polar surface area (TPSA) is 83.5 Å². The van der Waals surface area contributed by atoms with E-state index in [2.05, 4.69) is 4.72 Å². The van der Waals surface area contributed by atoms with Crippen molar-refractivity contribution in [3.05, 3.63) is 35.4 Å². The third-order valence-electron chi connectivity index (χ3n) is 2.48. The highest BCUT2D eigenvalue weighted by Crippen LogP contribution is 2.14. The molecule has 0 bridgehead atoms. The van der Waals surface area contributed by atoms with Crippen LogP contribution in [0.4, 0.5) is 0 Å². The van der Waals surface area contributed by atoms with E-state index in [0.29, 0.717) is 0 Å². The van der Waals surface area contributed by atoms with Gasteiger partial charge in [-0.25, -0.2) is 13.1 Å². The average Bonchev–Trinajstić information content (AvgIpc) is 2.26. The summed E-state index contributed by atoms with van der Waals surface area (Å²) in [6, 6.07) is 7.13. The first-order valence-corrected chi connectivity index (χ1v) is 7.24. The van der Waals surface area contributed by atoms with E-state index in [4.69, 9.17) is 5.11 Å². The van der Waals surface area contributed by atoms with E-state index in [0.717, 1.165) is 11.1 Å². The van der Waals surface area contributed by atoms with Crippen molar-refractivity contribution in [1.82, 2.24) is 4.72 Å². The Morgan fingerprint density at radius 2 is 2.11 bits per heavy atom. The molecule has 0 fully saturated rings. The van der Waals surface area contributed by atoms with Crippen LogP contribution in [0.1, 0.15) is 30.5 Å². The van der Waals surface area contributed by atoms with Gasteiger partial charge in [-0.15, -0.1) is 0 Å². The molecule has 1 rings (SSSR count). The van der Waals surface area contributed by atoms with Gasteiger partial charge in [-0.3, -0.25) is 4.79 Å². The smallest absolute Gasteiger partial charge is 0.304 e. The molecule has 1 aromatic carbocycles. The van der Waals surface area contributed by atoms with Crippen molar-refractivity contribution in [3.63, 3.8) is 0 Å². The first-order chi connectivity index (χ1) is 8.30. The fourth-order valence-electron chi connectivity index (χ4n) is 1.56. The minimum absolute atomic E-state index is 0.372. The molecule has 0 aliphatic carbocycles. The summed E-state index contributed by atoms with van der Waals surface area (Å²) in [4.78, 5) is 10.4. The van der Waals surface area contributed by atoms with Crippen LogP contribution in [0.15, 0.2) is 24.3 Å². The molecule has 0 saturated heterocycles. The highest BCUT2D eigenvalue weighted by Gasteiger charge is 2.17. The Bertz CT molecular complexity index is 525. The van der Waals surface area contributed by atoms with Crippen molar-refractivity contribution >= 4 is 16.0 Å². The number of rotatable bonds is 6. The predicted octanol–water partition coefficient (Wildman–Crippen LogP) is 1.45. The zero-order valence-corrected chi connectivity index (χ0v) is 11.2. The van der Waals surface area contributed by atoms with Gasteiger partial charge in [0.1, 0.15) is 0 Å². The van der Waals surface area contributed by atoms with Gasteiger partial charge in [-0.2, -0.15) is 0 Å². The molecule has 0 aliphatic rings. The van der Waals surface area contributed by atoms with Gasteiger partial charge < -0.3 is 5.11 Å². The maximum absolute atomic E-state index is 11.6. The molecule has 0 aromatic heterocycles. The number of hydrogen-bond donors (Lipinski definition) is 2. The van der Waals surface area contributed by atoms with Crippen molar-refractivity contribution in [2.45, 2.75) is 26.3 Å². The lowest BCUT2D eigenvalue weighted by molar-refractivity contribution is -0.136. The Balaban J connectivity index is 2.69. The summed E-state index contributed by atoms with van der Waals surface area (Å²) in [6.45, 7) is 3.65. The van der Waals surface area contributed by atoms with Gasteiger partial charge in [0.2, 0.25) is 10.0 Å². The molecule has 0 radical (unpaired) electrons. The molecular formula is C12H17NO4S. The van der Waals surface area contributed by atoms with Gasteiger partial charge >= 0.3 is 5.97 Å². The first-order valence-electron chi connectivity index (χ1n) is 5.58. The number of nitrogens with one attached hydrogen (secondary N) is 1. The van der Waals surface area contributed by atoms with Gasteiger partial charge in [-0.05, 0) is 19.4 Å². The van der Waals surface area contributed by atoms with E-state index in [-0.39, 0.29) is 6.04 Å². The van der Waals surface area contributed by atoms with Gasteiger partial charge in [0.15, 0.2) is 0 Å². The normalized spacial score (nSPS) is 13.2. The summed E-state index contributed by atoms with van der Waals surface area (Å²) >= 11 is 0. The lowest BCUT2D eigenvalue weighted by Gasteiger charge is -2.14.